The Morgan fingerprint density at radius 2 is 2.25 bits per heavy atom. The number of nitro benzene ring substituents is 1. The Hall–Kier alpha value is -1.07. The summed E-state index contributed by atoms with van der Waals surface area (Å²) in [4.78, 5) is 11.1. The first kappa shape index (κ1) is 13.0. The van der Waals surface area contributed by atoms with Crippen LogP contribution in [0.2, 0.25) is 0 Å². The minimum Gasteiger partial charge on any atom is -0.391 e. The lowest BCUT2D eigenvalue weighted by atomic mass is 10.2. The van der Waals surface area contributed by atoms with E-state index in [1.807, 2.05) is 0 Å². The lowest BCUT2D eigenvalue weighted by Crippen LogP contribution is -1.95. The maximum atomic E-state index is 10.6. The molecule has 16 heavy (non-hydrogen) atoms. The van der Waals surface area contributed by atoms with Gasteiger partial charge in [-0.1, -0.05) is 13.3 Å². The number of benzene rings is 1. The Kier molecular flexibility index (Phi) is 5.28. The van der Waals surface area contributed by atoms with E-state index in [1.54, 1.807) is 23.9 Å². The van der Waals surface area contributed by atoms with Gasteiger partial charge in [-0.15, -0.1) is 11.8 Å². The van der Waals surface area contributed by atoms with E-state index in [0.717, 1.165) is 23.5 Å². The molecule has 88 valence electrons. The normalized spacial score (nSPS) is 10.4. The number of nitro groups is 1. The zero-order valence-electron chi connectivity index (χ0n) is 9.18. The lowest BCUT2D eigenvalue weighted by molar-refractivity contribution is -0.385. The van der Waals surface area contributed by atoms with E-state index in [-0.39, 0.29) is 12.3 Å². The summed E-state index contributed by atoms with van der Waals surface area (Å²) in [5.74, 6) is 0.999. The van der Waals surface area contributed by atoms with Crippen LogP contribution in [-0.2, 0) is 6.61 Å². The van der Waals surface area contributed by atoms with Gasteiger partial charge in [0, 0.05) is 11.0 Å². The van der Waals surface area contributed by atoms with Gasteiger partial charge in [-0.05, 0) is 24.3 Å². The van der Waals surface area contributed by atoms with Crippen molar-refractivity contribution in [2.45, 2.75) is 31.3 Å². The van der Waals surface area contributed by atoms with Crippen LogP contribution < -0.4 is 0 Å². The lowest BCUT2D eigenvalue weighted by Gasteiger charge is -2.04. The Morgan fingerprint density at radius 1 is 1.50 bits per heavy atom. The Labute approximate surface area is 98.8 Å². The van der Waals surface area contributed by atoms with Gasteiger partial charge in [0.05, 0.1) is 17.1 Å². The maximum Gasteiger partial charge on any atom is 0.274 e. The standard InChI is InChI=1S/C11H15NO3S/c1-2-3-6-16-10-4-5-11(12(14)15)9(7-10)8-13/h4-5,7,13H,2-3,6,8H2,1H3. The highest BCUT2D eigenvalue weighted by Crippen LogP contribution is 2.26. The van der Waals surface area contributed by atoms with Crippen molar-refractivity contribution in [1.82, 2.24) is 0 Å². The highest BCUT2D eigenvalue weighted by atomic mass is 32.2. The molecule has 0 spiro atoms. The van der Waals surface area contributed by atoms with Crippen LogP contribution in [0, 0.1) is 10.1 Å². The molecule has 0 heterocycles. The first-order chi connectivity index (χ1) is 7.69. The van der Waals surface area contributed by atoms with Crippen molar-refractivity contribution < 1.29 is 10.0 Å². The van der Waals surface area contributed by atoms with Crippen molar-refractivity contribution in [3.63, 3.8) is 0 Å². The van der Waals surface area contributed by atoms with E-state index in [4.69, 9.17) is 5.11 Å². The molecule has 0 radical (unpaired) electrons. The second-order valence-corrected chi connectivity index (χ2v) is 4.58. The highest BCUT2D eigenvalue weighted by Gasteiger charge is 2.12. The molecule has 0 aromatic heterocycles. The Balaban J connectivity index is 2.78. The number of aliphatic hydroxyl groups excluding tert-OH is 1. The molecule has 4 nitrogen and oxygen atoms in total. The third-order valence-electron chi connectivity index (χ3n) is 2.18. The van der Waals surface area contributed by atoms with Gasteiger partial charge in [0.1, 0.15) is 0 Å². The quantitative estimate of drug-likeness (QED) is 0.360. The van der Waals surface area contributed by atoms with Crippen LogP contribution in [0.3, 0.4) is 0 Å². The SMILES string of the molecule is CCCCSc1ccc([N+](=O)[O-])c(CO)c1. The third-order valence-corrected chi connectivity index (χ3v) is 3.26. The van der Waals surface area contributed by atoms with Crippen LogP contribution >= 0.6 is 11.8 Å². The molecule has 0 aliphatic carbocycles. The molecule has 0 amide bonds. The monoisotopic (exact) mass is 241 g/mol. The number of aliphatic hydroxyl groups is 1. The topological polar surface area (TPSA) is 63.4 Å². The predicted octanol–water partition coefficient (Wildman–Crippen LogP) is 2.98. The molecule has 0 aliphatic rings. The van der Waals surface area contributed by atoms with Crippen LogP contribution in [0.25, 0.3) is 0 Å². The molecule has 5 heteroatoms. The number of rotatable bonds is 6. The molecule has 0 bridgehead atoms. The summed E-state index contributed by atoms with van der Waals surface area (Å²) in [7, 11) is 0. The second-order valence-electron chi connectivity index (χ2n) is 3.41. The van der Waals surface area contributed by atoms with Gasteiger partial charge >= 0.3 is 0 Å². The summed E-state index contributed by atoms with van der Waals surface area (Å²) in [5, 5.41) is 19.7. The molecular formula is C11H15NO3S. The summed E-state index contributed by atoms with van der Waals surface area (Å²) in [6.07, 6.45) is 2.25. The smallest absolute Gasteiger partial charge is 0.274 e. The van der Waals surface area contributed by atoms with Crippen LogP contribution in [0.5, 0.6) is 0 Å². The fourth-order valence-corrected chi connectivity index (χ4v) is 2.35. The molecule has 1 aromatic carbocycles. The Bertz CT molecular complexity index is 368. The fraction of sp³-hybridized carbons (Fsp3) is 0.455. The molecule has 0 atom stereocenters. The molecule has 0 saturated carbocycles. The molecule has 1 N–H and O–H groups in total. The predicted molar refractivity (Wildman–Crippen MR) is 64.7 cm³/mol. The number of unbranched alkanes of at least 4 members (excludes halogenated alkanes) is 1. The second kappa shape index (κ2) is 6.50. The Morgan fingerprint density at radius 3 is 2.81 bits per heavy atom. The zero-order valence-corrected chi connectivity index (χ0v) is 10.00. The van der Waals surface area contributed by atoms with Gasteiger partial charge in [-0.25, -0.2) is 0 Å². The first-order valence-electron chi connectivity index (χ1n) is 5.20. The largest absolute Gasteiger partial charge is 0.391 e. The molecule has 1 aromatic rings. The van der Waals surface area contributed by atoms with E-state index in [2.05, 4.69) is 6.92 Å². The summed E-state index contributed by atoms with van der Waals surface area (Å²) in [5.41, 5.74) is 0.369. The van der Waals surface area contributed by atoms with Crippen LogP contribution in [-0.4, -0.2) is 15.8 Å². The van der Waals surface area contributed by atoms with Gasteiger partial charge in [-0.2, -0.15) is 0 Å². The van der Waals surface area contributed by atoms with Gasteiger partial charge < -0.3 is 5.11 Å². The molecule has 0 fully saturated rings. The van der Waals surface area contributed by atoms with Gasteiger partial charge in [0.2, 0.25) is 0 Å². The highest BCUT2D eigenvalue weighted by molar-refractivity contribution is 7.99. The van der Waals surface area contributed by atoms with Crippen LogP contribution in [0.1, 0.15) is 25.3 Å². The zero-order chi connectivity index (χ0) is 12.0. The van der Waals surface area contributed by atoms with Crippen molar-refractivity contribution in [2.24, 2.45) is 0 Å². The van der Waals surface area contributed by atoms with E-state index < -0.39 is 4.92 Å². The molecular weight excluding hydrogens is 226 g/mol. The average molecular weight is 241 g/mol. The number of hydrogen-bond acceptors (Lipinski definition) is 4. The van der Waals surface area contributed by atoms with Crippen molar-refractivity contribution in [2.75, 3.05) is 5.75 Å². The summed E-state index contributed by atoms with van der Waals surface area (Å²) in [6, 6.07) is 4.88. The minimum absolute atomic E-state index is 0.0117. The van der Waals surface area contributed by atoms with Crippen molar-refractivity contribution in [3.05, 3.63) is 33.9 Å². The number of thioether (sulfide) groups is 1. The van der Waals surface area contributed by atoms with Crippen LogP contribution in [0.4, 0.5) is 5.69 Å². The average Bonchev–Trinajstić information content (AvgIpc) is 2.29. The van der Waals surface area contributed by atoms with E-state index in [0.29, 0.717) is 5.56 Å². The molecule has 1 rings (SSSR count). The van der Waals surface area contributed by atoms with Gasteiger partial charge in [-0.3, -0.25) is 10.1 Å². The van der Waals surface area contributed by atoms with Gasteiger partial charge in [0.25, 0.3) is 5.69 Å². The van der Waals surface area contributed by atoms with E-state index in [1.165, 1.54) is 6.07 Å². The van der Waals surface area contributed by atoms with Crippen molar-refractivity contribution in [1.29, 1.82) is 0 Å². The van der Waals surface area contributed by atoms with Crippen molar-refractivity contribution in [3.8, 4) is 0 Å². The maximum absolute atomic E-state index is 10.6. The minimum atomic E-state index is -0.466. The van der Waals surface area contributed by atoms with Crippen LogP contribution in [0.15, 0.2) is 23.1 Å². The molecule has 0 unspecified atom stereocenters. The van der Waals surface area contributed by atoms with Gasteiger partial charge in [0.15, 0.2) is 0 Å². The summed E-state index contributed by atoms with van der Waals surface area (Å²) in [6.45, 7) is 1.83. The fourth-order valence-electron chi connectivity index (χ4n) is 1.29. The van der Waals surface area contributed by atoms with E-state index >= 15 is 0 Å². The summed E-state index contributed by atoms with van der Waals surface area (Å²) >= 11 is 1.66. The van der Waals surface area contributed by atoms with E-state index in [9.17, 15) is 10.1 Å². The molecule has 0 aliphatic heterocycles. The first-order valence-corrected chi connectivity index (χ1v) is 6.18. The number of nitrogens with zero attached hydrogens (tertiary/aromatic N) is 1. The molecule has 0 saturated heterocycles. The van der Waals surface area contributed by atoms with Crippen molar-refractivity contribution >= 4 is 17.4 Å². The number of hydrogen-bond donors (Lipinski definition) is 1. The third kappa shape index (κ3) is 3.50. The summed E-state index contributed by atoms with van der Waals surface area (Å²) < 4.78 is 0.